The molecule has 0 spiro atoms. The Hall–Kier alpha value is -6.00. The normalized spacial score (nSPS) is 14.2. The van der Waals surface area contributed by atoms with Crippen LogP contribution in [0.15, 0.2) is 158 Å². The molecule has 0 saturated heterocycles. The summed E-state index contributed by atoms with van der Waals surface area (Å²) in [5.74, 6) is 1.98. The molecule has 0 amide bonds. The van der Waals surface area contributed by atoms with Crippen molar-refractivity contribution in [2.45, 2.75) is 0 Å². The van der Waals surface area contributed by atoms with E-state index in [0.29, 0.717) is 0 Å². The van der Waals surface area contributed by atoms with Crippen LogP contribution in [-0.2, 0) is 0 Å². The molecule has 6 aromatic carbocycles. The van der Waals surface area contributed by atoms with E-state index < -0.39 is 0 Å². The van der Waals surface area contributed by atoms with Gasteiger partial charge < -0.3 is 4.90 Å². The van der Waals surface area contributed by atoms with Crippen molar-refractivity contribution in [2.75, 3.05) is 14.7 Å². The number of rotatable bonds is 2. The van der Waals surface area contributed by atoms with E-state index in [1.807, 2.05) is 0 Å². The topological polar surface area (TPSA) is 22.6 Å². The van der Waals surface area contributed by atoms with E-state index >= 15 is 0 Å². The van der Waals surface area contributed by atoms with E-state index in [2.05, 4.69) is 172 Å². The van der Waals surface area contributed by atoms with Gasteiger partial charge in [0.15, 0.2) is 0 Å². The van der Waals surface area contributed by atoms with Gasteiger partial charge >= 0.3 is 0 Å². The summed E-state index contributed by atoms with van der Waals surface area (Å²) in [6, 6.07) is 57.3. The Morgan fingerprint density at radius 3 is 1.04 bits per heavy atom. The molecule has 0 N–H and O–H groups in total. The number of anilines is 9. The van der Waals surface area contributed by atoms with Crippen LogP contribution < -0.4 is 47.5 Å². The SMILES string of the molecule is c1ccc(N2c3ccccc3B3c4ccccc4N4c5ccccc5B5c6ccccc6N(c6ccccc6)c6nc2c3c4c65)cc1. The quantitative estimate of drug-likeness (QED) is 0.236. The van der Waals surface area contributed by atoms with Gasteiger partial charge in [-0.25, -0.2) is 4.98 Å². The fraction of sp³-hybridized carbons (Fsp3) is 0. The van der Waals surface area contributed by atoms with Gasteiger partial charge in [0.05, 0.1) is 0 Å². The van der Waals surface area contributed by atoms with E-state index in [9.17, 15) is 0 Å². The molecule has 7 aromatic rings. The summed E-state index contributed by atoms with van der Waals surface area (Å²) in [6.07, 6.45) is 0. The van der Waals surface area contributed by atoms with Crippen LogP contribution in [0.4, 0.5) is 51.4 Å². The smallest absolute Gasteiger partial charge is 0.254 e. The highest BCUT2D eigenvalue weighted by Gasteiger charge is 2.52. The zero-order chi connectivity index (χ0) is 30.6. The van der Waals surface area contributed by atoms with Gasteiger partial charge in [0.1, 0.15) is 11.6 Å². The minimum Gasteiger partial charge on any atom is -0.312 e. The number of aromatic nitrogens is 1. The van der Waals surface area contributed by atoms with Crippen molar-refractivity contribution in [1.29, 1.82) is 0 Å². The van der Waals surface area contributed by atoms with Crippen molar-refractivity contribution in [3.05, 3.63) is 158 Å². The summed E-state index contributed by atoms with van der Waals surface area (Å²) in [5, 5.41) is 0. The van der Waals surface area contributed by atoms with Gasteiger partial charge in [0, 0.05) is 39.8 Å². The summed E-state index contributed by atoms with van der Waals surface area (Å²) in [4.78, 5) is 13.2. The van der Waals surface area contributed by atoms with Crippen LogP contribution in [0.3, 0.4) is 0 Å². The summed E-state index contributed by atoms with van der Waals surface area (Å²) >= 11 is 0. The van der Waals surface area contributed by atoms with Crippen LogP contribution in [0.5, 0.6) is 0 Å². The summed E-state index contributed by atoms with van der Waals surface area (Å²) in [5.41, 5.74) is 16.1. The van der Waals surface area contributed by atoms with Crippen LogP contribution >= 0.6 is 0 Å². The van der Waals surface area contributed by atoms with Crippen LogP contribution in [0.25, 0.3) is 0 Å². The van der Waals surface area contributed by atoms with Crippen molar-refractivity contribution >= 4 is 97.6 Å². The van der Waals surface area contributed by atoms with Gasteiger partial charge in [-0.3, -0.25) is 9.80 Å². The van der Waals surface area contributed by atoms with E-state index in [4.69, 9.17) is 4.98 Å². The molecule has 0 aliphatic carbocycles. The lowest BCUT2D eigenvalue weighted by molar-refractivity contribution is 1.13. The lowest BCUT2D eigenvalue weighted by Crippen LogP contribution is -2.69. The Balaban J connectivity index is 1.35. The molecule has 0 atom stereocenters. The van der Waals surface area contributed by atoms with E-state index in [1.54, 1.807) is 0 Å². The molecule has 4 aliphatic heterocycles. The maximum absolute atomic E-state index is 5.85. The minimum absolute atomic E-state index is 0.0506. The highest BCUT2D eigenvalue weighted by Crippen LogP contribution is 2.47. The third kappa shape index (κ3) is 3.22. The fourth-order valence-corrected chi connectivity index (χ4v) is 8.66. The number of para-hydroxylation sites is 6. The molecule has 0 bridgehead atoms. The van der Waals surface area contributed by atoms with Crippen molar-refractivity contribution in [3.8, 4) is 0 Å². The van der Waals surface area contributed by atoms with Gasteiger partial charge in [0.2, 0.25) is 0 Å². The van der Waals surface area contributed by atoms with E-state index in [1.165, 1.54) is 61.2 Å². The lowest BCUT2D eigenvalue weighted by atomic mass is 9.29. The summed E-state index contributed by atoms with van der Waals surface area (Å²) in [7, 11) is 0. The van der Waals surface area contributed by atoms with Crippen LogP contribution in [-0.4, -0.2) is 18.4 Å². The second-order valence-electron chi connectivity index (χ2n) is 12.7. The zero-order valence-electron chi connectivity index (χ0n) is 25.5. The average molecular weight is 596 g/mol. The molecular formula is C41H26B2N4. The third-order valence-corrected chi connectivity index (χ3v) is 10.4. The van der Waals surface area contributed by atoms with Crippen molar-refractivity contribution in [3.63, 3.8) is 0 Å². The Morgan fingerprint density at radius 1 is 0.340 bits per heavy atom. The zero-order valence-corrected chi connectivity index (χ0v) is 25.5. The van der Waals surface area contributed by atoms with Crippen LogP contribution in [0.2, 0.25) is 0 Å². The molecule has 4 aliphatic rings. The molecule has 47 heavy (non-hydrogen) atoms. The second kappa shape index (κ2) is 9.27. The van der Waals surface area contributed by atoms with Crippen molar-refractivity contribution in [1.82, 2.24) is 4.98 Å². The highest BCUT2D eigenvalue weighted by molar-refractivity contribution is 7.04. The van der Waals surface area contributed by atoms with Crippen LogP contribution in [0, 0.1) is 0 Å². The molecule has 0 unspecified atom stereocenters. The predicted octanol–water partition coefficient (Wildman–Crippen LogP) is 5.78. The Morgan fingerprint density at radius 2 is 0.660 bits per heavy atom. The maximum atomic E-state index is 5.85. The maximum Gasteiger partial charge on any atom is 0.254 e. The summed E-state index contributed by atoms with van der Waals surface area (Å²) in [6.45, 7) is 0.101. The fourth-order valence-electron chi connectivity index (χ4n) is 8.66. The third-order valence-electron chi connectivity index (χ3n) is 10.4. The average Bonchev–Trinajstić information content (AvgIpc) is 3.14. The largest absolute Gasteiger partial charge is 0.312 e. The number of hydrogen-bond acceptors (Lipinski definition) is 4. The van der Waals surface area contributed by atoms with Gasteiger partial charge in [-0.15, -0.1) is 0 Å². The Bertz CT molecular complexity index is 2230. The first-order valence-corrected chi connectivity index (χ1v) is 16.3. The number of fused-ring (bicyclic) bond motifs is 10. The standard InChI is InChI=1S/C41H26B2N4/c1-3-15-27(16-4-1)45-33-23-11-7-19-29(33)42-31-21-9-13-25-35(31)47-36-26-14-10-22-32(36)43-30-20-8-12-24-34(30)46(28-17-5-2-6-18-28)41-38(43)39(47)37(42)40(45)44-41/h1-26H. The summed E-state index contributed by atoms with van der Waals surface area (Å²) < 4.78 is 0. The monoisotopic (exact) mass is 596 g/mol. The predicted molar refractivity (Wildman–Crippen MR) is 198 cm³/mol. The number of pyridine rings is 1. The first-order valence-electron chi connectivity index (χ1n) is 16.3. The molecule has 216 valence electrons. The highest BCUT2D eigenvalue weighted by atomic mass is 15.3. The number of hydrogen-bond donors (Lipinski definition) is 0. The molecule has 0 saturated carbocycles. The second-order valence-corrected chi connectivity index (χ2v) is 12.7. The molecule has 5 heterocycles. The molecule has 1 aromatic heterocycles. The molecule has 11 rings (SSSR count). The first-order chi connectivity index (χ1) is 23.4. The Kier molecular flexibility index (Phi) is 4.98. The minimum atomic E-state index is 0.0506. The molecular weight excluding hydrogens is 570 g/mol. The van der Waals surface area contributed by atoms with Crippen LogP contribution in [0.1, 0.15) is 0 Å². The van der Waals surface area contributed by atoms with Crippen molar-refractivity contribution in [2.24, 2.45) is 0 Å². The van der Waals surface area contributed by atoms with Gasteiger partial charge in [-0.05, 0) is 81.3 Å². The molecule has 4 nitrogen and oxygen atoms in total. The van der Waals surface area contributed by atoms with Gasteiger partial charge in [-0.1, -0.05) is 109 Å². The molecule has 6 heteroatoms. The first kappa shape index (κ1) is 25.2. The molecule has 0 fully saturated rings. The Labute approximate surface area is 274 Å². The van der Waals surface area contributed by atoms with E-state index in [-0.39, 0.29) is 13.4 Å². The van der Waals surface area contributed by atoms with E-state index in [0.717, 1.165) is 23.0 Å². The number of nitrogens with zero attached hydrogens (tertiary/aromatic N) is 4. The van der Waals surface area contributed by atoms with Gasteiger partial charge in [-0.2, -0.15) is 0 Å². The number of benzene rings is 6. The molecule has 0 radical (unpaired) electrons. The lowest BCUT2D eigenvalue weighted by Gasteiger charge is -2.50. The van der Waals surface area contributed by atoms with Gasteiger partial charge in [0.25, 0.3) is 13.4 Å². The van der Waals surface area contributed by atoms with Crippen molar-refractivity contribution < 1.29 is 0 Å².